The van der Waals surface area contributed by atoms with Crippen LogP contribution < -0.4 is 10.1 Å². The van der Waals surface area contributed by atoms with E-state index in [1.165, 1.54) is 4.68 Å². The van der Waals surface area contributed by atoms with Crippen molar-refractivity contribution in [2.75, 3.05) is 5.32 Å². The molecule has 25 heavy (non-hydrogen) atoms. The van der Waals surface area contributed by atoms with Gasteiger partial charge in [-0.25, -0.2) is 0 Å². The lowest BCUT2D eigenvalue weighted by atomic mass is 10.2. The molecule has 8 heteroatoms. The molecule has 6 nitrogen and oxygen atoms in total. The quantitative estimate of drug-likeness (QED) is 0.690. The fourth-order valence-electron chi connectivity index (χ4n) is 2.31. The normalized spacial score (nSPS) is 10.9. The van der Waals surface area contributed by atoms with Crippen LogP contribution in [0.15, 0.2) is 42.5 Å². The number of hydrogen-bond donors (Lipinski definition) is 1. The Morgan fingerprint density at radius 3 is 2.72 bits per heavy atom. The van der Waals surface area contributed by atoms with Crippen LogP contribution in [0.5, 0.6) is 5.75 Å². The fraction of sp³-hybridized carbons (Fsp3) is 0.235. The monoisotopic (exact) mass is 377 g/mol. The molecular formula is C17H17Cl2N5O. The van der Waals surface area contributed by atoms with Gasteiger partial charge in [0.25, 0.3) is 0 Å². The summed E-state index contributed by atoms with van der Waals surface area (Å²) in [6.45, 7) is 4.49. The van der Waals surface area contributed by atoms with Crippen molar-refractivity contribution in [2.45, 2.75) is 26.5 Å². The smallest absolute Gasteiger partial charge is 0.248 e. The van der Waals surface area contributed by atoms with Gasteiger partial charge < -0.3 is 10.1 Å². The maximum Gasteiger partial charge on any atom is 0.248 e. The molecule has 0 saturated heterocycles. The zero-order chi connectivity index (χ0) is 17.8. The molecule has 0 saturated carbocycles. The second-order valence-electron chi connectivity index (χ2n) is 5.62. The van der Waals surface area contributed by atoms with Gasteiger partial charge in [-0.05, 0) is 42.5 Å². The Morgan fingerprint density at radius 2 is 1.92 bits per heavy atom. The number of tetrazole rings is 1. The van der Waals surface area contributed by atoms with Crippen LogP contribution in [-0.4, -0.2) is 26.3 Å². The van der Waals surface area contributed by atoms with Crippen molar-refractivity contribution in [1.82, 2.24) is 20.2 Å². The highest BCUT2D eigenvalue weighted by atomic mass is 35.5. The summed E-state index contributed by atoms with van der Waals surface area (Å²) >= 11 is 12.3. The van der Waals surface area contributed by atoms with Crippen molar-refractivity contribution < 1.29 is 4.74 Å². The first-order valence-electron chi connectivity index (χ1n) is 7.77. The average molecular weight is 378 g/mol. The van der Waals surface area contributed by atoms with E-state index in [4.69, 9.17) is 27.9 Å². The van der Waals surface area contributed by atoms with Crippen LogP contribution in [-0.2, 0) is 6.54 Å². The molecule has 0 radical (unpaired) electrons. The Balaban J connectivity index is 1.83. The van der Waals surface area contributed by atoms with Crippen molar-refractivity contribution in [3.05, 3.63) is 58.1 Å². The summed E-state index contributed by atoms with van der Waals surface area (Å²) in [6, 6.07) is 13.1. The number of ether oxygens (including phenoxy) is 1. The summed E-state index contributed by atoms with van der Waals surface area (Å²) in [5, 5.41) is 15.8. The van der Waals surface area contributed by atoms with Gasteiger partial charge in [0.2, 0.25) is 5.95 Å². The Bertz CT molecular complexity index is 866. The van der Waals surface area contributed by atoms with E-state index >= 15 is 0 Å². The first-order chi connectivity index (χ1) is 12.1. The molecule has 1 aromatic heterocycles. The molecule has 2 aromatic carbocycles. The van der Waals surface area contributed by atoms with E-state index in [1.807, 2.05) is 38.1 Å². The molecule has 3 rings (SSSR count). The van der Waals surface area contributed by atoms with Crippen molar-refractivity contribution in [2.24, 2.45) is 0 Å². The summed E-state index contributed by atoms with van der Waals surface area (Å²) in [5.74, 6) is 1.29. The van der Waals surface area contributed by atoms with E-state index in [-0.39, 0.29) is 6.10 Å². The van der Waals surface area contributed by atoms with E-state index in [9.17, 15) is 0 Å². The molecule has 1 N–H and O–H groups in total. The molecule has 0 aliphatic rings. The molecule has 0 aliphatic heterocycles. The molecule has 130 valence electrons. The lowest BCUT2D eigenvalue weighted by Crippen LogP contribution is -2.11. The fourth-order valence-corrected chi connectivity index (χ4v) is 2.68. The topological polar surface area (TPSA) is 64.9 Å². The maximum absolute atomic E-state index is 6.26. The molecule has 0 fully saturated rings. The van der Waals surface area contributed by atoms with Gasteiger partial charge in [0.05, 0.1) is 21.8 Å². The highest BCUT2D eigenvalue weighted by Crippen LogP contribution is 2.29. The zero-order valence-electron chi connectivity index (χ0n) is 13.8. The Morgan fingerprint density at radius 1 is 1.12 bits per heavy atom. The van der Waals surface area contributed by atoms with Crippen LogP contribution >= 0.6 is 23.2 Å². The summed E-state index contributed by atoms with van der Waals surface area (Å²) in [5.41, 5.74) is 1.61. The van der Waals surface area contributed by atoms with Gasteiger partial charge >= 0.3 is 0 Å². The third-order valence-electron chi connectivity index (χ3n) is 3.40. The van der Waals surface area contributed by atoms with Crippen molar-refractivity contribution in [1.29, 1.82) is 0 Å². The number of hydrogen-bond acceptors (Lipinski definition) is 5. The van der Waals surface area contributed by atoms with E-state index in [1.54, 1.807) is 18.2 Å². The van der Waals surface area contributed by atoms with Gasteiger partial charge in [0, 0.05) is 12.1 Å². The second kappa shape index (κ2) is 7.72. The van der Waals surface area contributed by atoms with E-state index < -0.39 is 0 Å². The van der Waals surface area contributed by atoms with Crippen molar-refractivity contribution >= 4 is 29.2 Å². The Hall–Kier alpha value is -2.31. The second-order valence-corrected chi connectivity index (χ2v) is 6.40. The molecule has 0 atom stereocenters. The van der Waals surface area contributed by atoms with E-state index in [0.29, 0.717) is 28.2 Å². The third-order valence-corrected chi connectivity index (χ3v) is 4.21. The standard InChI is InChI=1S/C17H17Cl2N5O/c1-11(2)25-15-9-4-3-6-12(15)10-20-17-21-22-23-24(17)14-8-5-7-13(18)16(14)19/h3-9,11H,10H2,1-2H3,(H,20,21,23). The van der Waals surface area contributed by atoms with Gasteiger partial charge in [0.15, 0.2) is 0 Å². The third kappa shape index (κ3) is 4.03. The van der Waals surface area contributed by atoms with E-state index in [2.05, 4.69) is 20.8 Å². The lowest BCUT2D eigenvalue weighted by molar-refractivity contribution is 0.240. The van der Waals surface area contributed by atoms with Crippen LogP contribution in [0.4, 0.5) is 5.95 Å². The zero-order valence-corrected chi connectivity index (χ0v) is 15.3. The molecule has 0 bridgehead atoms. The Kier molecular flexibility index (Phi) is 5.40. The molecule has 0 spiro atoms. The summed E-state index contributed by atoms with van der Waals surface area (Å²) in [7, 11) is 0. The molecule has 3 aromatic rings. The average Bonchev–Trinajstić information content (AvgIpc) is 3.04. The first-order valence-corrected chi connectivity index (χ1v) is 8.53. The van der Waals surface area contributed by atoms with Crippen LogP contribution in [0.3, 0.4) is 0 Å². The number of rotatable bonds is 6. The van der Waals surface area contributed by atoms with Gasteiger partial charge in [-0.15, -0.1) is 0 Å². The SMILES string of the molecule is CC(C)Oc1ccccc1CNc1nnnn1-c1cccc(Cl)c1Cl. The lowest BCUT2D eigenvalue weighted by Gasteiger charge is -2.15. The van der Waals surface area contributed by atoms with Gasteiger partial charge in [-0.1, -0.05) is 52.6 Å². The molecule has 1 heterocycles. The number of nitrogens with zero attached hydrogens (tertiary/aromatic N) is 4. The van der Waals surface area contributed by atoms with Crippen LogP contribution in [0.1, 0.15) is 19.4 Å². The van der Waals surface area contributed by atoms with Gasteiger partial charge in [-0.2, -0.15) is 4.68 Å². The minimum atomic E-state index is 0.0942. The predicted octanol–water partition coefficient (Wildman–Crippen LogP) is 4.37. The van der Waals surface area contributed by atoms with Crippen LogP contribution in [0, 0.1) is 0 Å². The molecule has 0 unspecified atom stereocenters. The summed E-state index contributed by atoms with van der Waals surface area (Å²) in [6.07, 6.45) is 0.0942. The summed E-state index contributed by atoms with van der Waals surface area (Å²) < 4.78 is 7.34. The Labute approximate surface area is 155 Å². The van der Waals surface area contributed by atoms with Crippen LogP contribution in [0.25, 0.3) is 5.69 Å². The number of benzene rings is 2. The van der Waals surface area contributed by atoms with E-state index in [0.717, 1.165) is 11.3 Å². The number of aromatic nitrogens is 4. The van der Waals surface area contributed by atoms with Crippen molar-refractivity contribution in [3.8, 4) is 11.4 Å². The molecule has 0 aliphatic carbocycles. The number of para-hydroxylation sites is 1. The minimum Gasteiger partial charge on any atom is -0.491 e. The number of halogens is 2. The first kappa shape index (κ1) is 17.5. The highest BCUT2D eigenvalue weighted by molar-refractivity contribution is 6.43. The molecule has 0 amide bonds. The van der Waals surface area contributed by atoms with Crippen molar-refractivity contribution in [3.63, 3.8) is 0 Å². The summed E-state index contributed by atoms with van der Waals surface area (Å²) in [4.78, 5) is 0. The number of anilines is 1. The predicted molar refractivity (Wildman–Crippen MR) is 98.7 cm³/mol. The van der Waals surface area contributed by atoms with Gasteiger partial charge in [0.1, 0.15) is 5.75 Å². The van der Waals surface area contributed by atoms with Gasteiger partial charge in [-0.3, -0.25) is 0 Å². The molecular weight excluding hydrogens is 361 g/mol. The van der Waals surface area contributed by atoms with Crippen LogP contribution in [0.2, 0.25) is 10.0 Å². The largest absolute Gasteiger partial charge is 0.491 e. The number of nitrogens with one attached hydrogen (secondary N) is 1. The maximum atomic E-state index is 6.26. The minimum absolute atomic E-state index is 0.0942. The highest BCUT2D eigenvalue weighted by Gasteiger charge is 2.14.